The molecule has 32 heavy (non-hydrogen) atoms. The minimum absolute atomic E-state index is 0.0407. The molecule has 0 radical (unpaired) electrons. The number of hydrogen-bond acceptors (Lipinski definition) is 3. The van der Waals surface area contributed by atoms with Crippen molar-refractivity contribution in [2.24, 2.45) is 0 Å². The summed E-state index contributed by atoms with van der Waals surface area (Å²) in [4.78, 5) is 14.9. The number of benzene rings is 3. The maximum atomic E-state index is 12.7. The predicted octanol–water partition coefficient (Wildman–Crippen LogP) is 6.48. The zero-order valence-electron chi connectivity index (χ0n) is 18.1. The van der Waals surface area contributed by atoms with E-state index in [1.807, 2.05) is 90.5 Å². The first-order valence-electron chi connectivity index (χ1n) is 10.4. The van der Waals surface area contributed by atoms with Crippen LogP contribution in [0.2, 0.25) is 0 Å². The Morgan fingerprint density at radius 1 is 0.969 bits per heavy atom. The Labute approximate surface area is 196 Å². The highest BCUT2D eigenvalue weighted by Crippen LogP contribution is 2.29. The summed E-state index contributed by atoms with van der Waals surface area (Å²) >= 11 is 3.41. The van der Waals surface area contributed by atoms with Crippen molar-refractivity contribution in [3.63, 3.8) is 0 Å². The predicted molar refractivity (Wildman–Crippen MR) is 134 cm³/mol. The summed E-state index contributed by atoms with van der Waals surface area (Å²) in [6.45, 7) is 2.70. The SMILES string of the molecule is Cc1nn(-c2ccccc2)c(N(C)Cc2ccccc2)c1/C=C/C(=O)c1ccc(Br)cc1. The molecule has 0 fully saturated rings. The summed E-state index contributed by atoms with van der Waals surface area (Å²) < 4.78 is 2.89. The van der Waals surface area contributed by atoms with Gasteiger partial charge in [0.2, 0.25) is 0 Å². The summed E-state index contributed by atoms with van der Waals surface area (Å²) in [7, 11) is 2.05. The van der Waals surface area contributed by atoms with E-state index in [9.17, 15) is 4.79 Å². The topological polar surface area (TPSA) is 38.1 Å². The van der Waals surface area contributed by atoms with Crippen LogP contribution in [0.5, 0.6) is 0 Å². The van der Waals surface area contributed by atoms with Crippen molar-refractivity contribution in [2.75, 3.05) is 11.9 Å². The maximum Gasteiger partial charge on any atom is 0.185 e. The van der Waals surface area contributed by atoms with Crippen molar-refractivity contribution >= 4 is 33.6 Å². The third-order valence-electron chi connectivity index (χ3n) is 5.24. The van der Waals surface area contributed by atoms with E-state index in [0.717, 1.165) is 33.8 Å². The number of para-hydroxylation sites is 1. The molecule has 0 aliphatic rings. The Bertz CT molecular complexity index is 1230. The molecule has 0 saturated heterocycles. The molecule has 4 nitrogen and oxygen atoms in total. The lowest BCUT2D eigenvalue weighted by Gasteiger charge is -2.22. The van der Waals surface area contributed by atoms with Crippen LogP contribution in [0.4, 0.5) is 5.82 Å². The van der Waals surface area contributed by atoms with E-state index in [1.54, 1.807) is 6.08 Å². The Kier molecular flexibility index (Phi) is 6.66. The van der Waals surface area contributed by atoms with E-state index in [0.29, 0.717) is 5.56 Å². The molecule has 0 bridgehead atoms. The van der Waals surface area contributed by atoms with Gasteiger partial charge in [-0.05, 0) is 61.0 Å². The van der Waals surface area contributed by atoms with Gasteiger partial charge in [-0.15, -0.1) is 0 Å². The number of anilines is 1. The average Bonchev–Trinajstić information content (AvgIpc) is 3.15. The number of carbonyl (C=O) groups excluding carboxylic acids is 1. The smallest absolute Gasteiger partial charge is 0.185 e. The first-order chi connectivity index (χ1) is 15.5. The molecule has 5 heteroatoms. The van der Waals surface area contributed by atoms with Gasteiger partial charge in [-0.25, -0.2) is 4.68 Å². The molecule has 0 amide bonds. The number of ketones is 1. The standard InChI is InChI=1S/C27H24BrN3O/c1-20-25(17-18-26(32)22-13-15-23(28)16-14-22)27(30(2)19-21-9-5-3-6-10-21)31(29-20)24-11-7-4-8-12-24/h3-18H,19H2,1-2H3/b18-17+. The van der Waals surface area contributed by atoms with Gasteiger partial charge in [0.05, 0.1) is 11.4 Å². The molecule has 0 unspecified atom stereocenters. The summed E-state index contributed by atoms with van der Waals surface area (Å²) in [6.07, 6.45) is 3.51. The van der Waals surface area contributed by atoms with Gasteiger partial charge in [0, 0.05) is 29.2 Å². The van der Waals surface area contributed by atoms with E-state index >= 15 is 0 Å². The number of hydrogen-bond donors (Lipinski definition) is 0. The van der Waals surface area contributed by atoms with Gasteiger partial charge in [0.15, 0.2) is 5.78 Å². The van der Waals surface area contributed by atoms with Crippen molar-refractivity contribution in [3.8, 4) is 5.69 Å². The largest absolute Gasteiger partial charge is 0.355 e. The molecule has 1 aromatic heterocycles. The van der Waals surface area contributed by atoms with Crippen molar-refractivity contribution in [2.45, 2.75) is 13.5 Å². The number of nitrogens with zero attached hydrogens (tertiary/aromatic N) is 3. The van der Waals surface area contributed by atoms with Crippen LogP contribution >= 0.6 is 15.9 Å². The van der Waals surface area contributed by atoms with Crippen LogP contribution in [-0.4, -0.2) is 22.6 Å². The number of aryl methyl sites for hydroxylation is 1. The lowest BCUT2D eigenvalue weighted by molar-refractivity contribution is 0.104. The van der Waals surface area contributed by atoms with E-state index in [2.05, 4.69) is 40.0 Å². The third kappa shape index (κ3) is 4.89. The minimum Gasteiger partial charge on any atom is -0.355 e. The fourth-order valence-electron chi connectivity index (χ4n) is 3.64. The number of rotatable bonds is 7. The second-order valence-electron chi connectivity index (χ2n) is 7.62. The molecule has 0 atom stereocenters. The lowest BCUT2D eigenvalue weighted by atomic mass is 10.1. The third-order valence-corrected chi connectivity index (χ3v) is 5.76. The Hall–Kier alpha value is -3.44. The molecule has 0 aliphatic heterocycles. The summed E-state index contributed by atoms with van der Waals surface area (Å²) in [5.74, 6) is 0.901. The fourth-order valence-corrected chi connectivity index (χ4v) is 3.90. The first kappa shape index (κ1) is 21.8. The molecule has 0 spiro atoms. The fraction of sp³-hybridized carbons (Fsp3) is 0.111. The zero-order valence-corrected chi connectivity index (χ0v) is 19.7. The van der Waals surface area contributed by atoms with Crippen LogP contribution in [0.1, 0.15) is 27.2 Å². The van der Waals surface area contributed by atoms with Gasteiger partial charge in [0.1, 0.15) is 5.82 Å². The lowest BCUT2D eigenvalue weighted by Crippen LogP contribution is -2.20. The molecule has 4 aromatic rings. The normalized spacial score (nSPS) is 11.1. The maximum absolute atomic E-state index is 12.7. The number of allylic oxidation sites excluding steroid dienone is 1. The minimum atomic E-state index is -0.0407. The molecule has 0 N–H and O–H groups in total. The number of aromatic nitrogens is 2. The van der Waals surface area contributed by atoms with Gasteiger partial charge >= 0.3 is 0 Å². The van der Waals surface area contributed by atoms with Gasteiger partial charge in [0.25, 0.3) is 0 Å². The van der Waals surface area contributed by atoms with Gasteiger partial charge in [-0.2, -0.15) is 5.10 Å². The van der Waals surface area contributed by atoms with Crippen molar-refractivity contribution in [1.29, 1.82) is 0 Å². The zero-order chi connectivity index (χ0) is 22.5. The Morgan fingerprint density at radius 2 is 1.59 bits per heavy atom. The molecular formula is C27H24BrN3O. The van der Waals surface area contributed by atoms with Crippen LogP contribution in [0.15, 0.2) is 95.5 Å². The van der Waals surface area contributed by atoms with E-state index in [4.69, 9.17) is 5.10 Å². The first-order valence-corrected chi connectivity index (χ1v) is 11.2. The molecule has 0 aliphatic carbocycles. The van der Waals surface area contributed by atoms with Crippen LogP contribution < -0.4 is 4.90 Å². The molecule has 0 saturated carbocycles. The van der Waals surface area contributed by atoms with E-state index in [1.165, 1.54) is 5.56 Å². The second-order valence-corrected chi connectivity index (χ2v) is 8.53. The number of carbonyl (C=O) groups is 1. The number of halogens is 1. The van der Waals surface area contributed by atoms with E-state index < -0.39 is 0 Å². The highest BCUT2D eigenvalue weighted by atomic mass is 79.9. The van der Waals surface area contributed by atoms with Crippen molar-refractivity contribution in [1.82, 2.24) is 9.78 Å². The molecular weight excluding hydrogens is 462 g/mol. The molecule has 1 heterocycles. The van der Waals surface area contributed by atoms with Crippen LogP contribution in [0.25, 0.3) is 11.8 Å². The van der Waals surface area contributed by atoms with Crippen molar-refractivity contribution < 1.29 is 4.79 Å². The highest BCUT2D eigenvalue weighted by Gasteiger charge is 2.19. The summed E-state index contributed by atoms with van der Waals surface area (Å²) in [6, 6.07) is 27.8. The second kappa shape index (κ2) is 9.79. The molecule has 3 aromatic carbocycles. The summed E-state index contributed by atoms with van der Waals surface area (Å²) in [5, 5.41) is 4.81. The van der Waals surface area contributed by atoms with Gasteiger partial charge in [-0.3, -0.25) is 4.79 Å². The Morgan fingerprint density at radius 3 is 2.25 bits per heavy atom. The molecule has 4 rings (SSSR count). The summed E-state index contributed by atoms with van der Waals surface area (Å²) in [5.41, 5.74) is 4.62. The highest BCUT2D eigenvalue weighted by molar-refractivity contribution is 9.10. The van der Waals surface area contributed by atoms with Gasteiger partial charge < -0.3 is 4.90 Å². The quantitative estimate of drug-likeness (QED) is 0.222. The van der Waals surface area contributed by atoms with Crippen molar-refractivity contribution in [3.05, 3.63) is 118 Å². The van der Waals surface area contributed by atoms with Crippen LogP contribution in [0.3, 0.4) is 0 Å². The monoisotopic (exact) mass is 485 g/mol. The van der Waals surface area contributed by atoms with Crippen LogP contribution in [0, 0.1) is 6.92 Å². The van der Waals surface area contributed by atoms with E-state index in [-0.39, 0.29) is 5.78 Å². The van der Waals surface area contributed by atoms with Gasteiger partial charge in [-0.1, -0.05) is 64.5 Å². The average molecular weight is 486 g/mol. The Balaban J connectivity index is 1.73. The van der Waals surface area contributed by atoms with Crippen LogP contribution in [-0.2, 0) is 6.54 Å². The molecule has 160 valence electrons.